The molecule has 2 N–H and O–H groups in total. The van der Waals surface area contributed by atoms with Crippen LogP contribution in [0, 0.1) is 11.7 Å². The van der Waals surface area contributed by atoms with Crippen LogP contribution in [0.2, 0.25) is 0 Å². The van der Waals surface area contributed by atoms with Crippen molar-refractivity contribution in [3.8, 4) is 0 Å². The van der Waals surface area contributed by atoms with Crippen molar-refractivity contribution in [2.24, 2.45) is 5.92 Å². The smallest absolute Gasteiger partial charge is 0.407 e. The van der Waals surface area contributed by atoms with Crippen LogP contribution in [0.4, 0.5) is 9.18 Å². The lowest BCUT2D eigenvalue weighted by Gasteiger charge is -2.29. The molecule has 166 valence electrons. The number of hydrogen-bond acceptors (Lipinski definition) is 5. The van der Waals surface area contributed by atoms with Crippen molar-refractivity contribution in [2.75, 3.05) is 6.61 Å². The van der Waals surface area contributed by atoms with E-state index in [9.17, 15) is 23.6 Å². The minimum Gasteiger partial charge on any atom is -0.449 e. The van der Waals surface area contributed by atoms with Crippen LogP contribution in [0.5, 0.6) is 0 Å². The van der Waals surface area contributed by atoms with Gasteiger partial charge >= 0.3 is 6.09 Å². The zero-order valence-corrected chi connectivity index (χ0v) is 17.2. The first-order chi connectivity index (χ1) is 14.9. The second-order valence-corrected chi connectivity index (χ2v) is 8.46. The highest BCUT2D eigenvalue weighted by atomic mass is 19.1. The summed E-state index contributed by atoms with van der Waals surface area (Å²) in [6.45, 7) is 0.382. The summed E-state index contributed by atoms with van der Waals surface area (Å²) in [5.74, 6) is -1.54. The zero-order chi connectivity index (χ0) is 22.0. The summed E-state index contributed by atoms with van der Waals surface area (Å²) in [5.41, 5.74) is 0.833. The molecule has 4 rings (SSSR count). The number of ether oxygens (including phenoxy) is 1. The predicted molar refractivity (Wildman–Crippen MR) is 107 cm³/mol. The van der Waals surface area contributed by atoms with Crippen molar-refractivity contribution in [3.63, 3.8) is 0 Å². The van der Waals surface area contributed by atoms with Gasteiger partial charge in [0, 0.05) is 24.1 Å². The fraction of sp³-hybridized carbons (Fsp3) is 0.545. The molecule has 0 aromatic heterocycles. The van der Waals surface area contributed by atoms with E-state index < -0.39 is 29.8 Å². The molecule has 1 atom stereocenters. The summed E-state index contributed by atoms with van der Waals surface area (Å²) in [5, 5.41) is 4.82. The highest BCUT2D eigenvalue weighted by Gasteiger charge is 2.40. The van der Waals surface area contributed by atoms with Gasteiger partial charge in [0.25, 0.3) is 5.91 Å². The maximum Gasteiger partial charge on any atom is 0.407 e. The highest BCUT2D eigenvalue weighted by molar-refractivity contribution is 6.05. The minimum atomic E-state index is -0.798. The first-order valence-corrected chi connectivity index (χ1v) is 10.8. The molecule has 1 saturated carbocycles. The van der Waals surface area contributed by atoms with Gasteiger partial charge in [-0.2, -0.15) is 0 Å². The number of nitrogens with zero attached hydrogens (tertiary/aromatic N) is 1. The molecule has 0 spiro atoms. The number of alkyl carbamates (subject to hydrolysis) is 1. The van der Waals surface area contributed by atoms with Crippen LogP contribution in [-0.4, -0.2) is 41.4 Å². The molecule has 8 nitrogen and oxygen atoms in total. The topological polar surface area (TPSA) is 105 Å². The third kappa shape index (κ3) is 4.70. The Morgan fingerprint density at radius 2 is 1.94 bits per heavy atom. The molecule has 2 fully saturated rings. The summed E-state index contributed by atoms with van der Waals surface area (Å²) in [6, 6.07) is 2.02. The molecule has 0 bridgehead atoms. The Labute approximate surface area is 179 Å². The summed E-state index contributed by atoms with van der Waals surface area (Å²) in [4.78, 5) is 49.6. The highest BCUT2D eigenvalue weighted by Crippen LogP contribution is 2.30. The average molecular weight is 431 g/mol. The third-order valence-electron chi connectivity index (χ3n) is 6.27. The Morgan fingerprint density at radius 3 is 2.68 bits per heavy atom. The van der Waals surface area contributed by atoms with Gasteiger partial charge in [0.15, 0.2) is 0 Å². The van der Waals surface area contributed by atoms with Crippen LogP contribution in [-0.2, 0) is 27.4 Å². The maximum absolute atomic E-state index is 14.7. The second-order valence-electron chi connectivity index (χ2n) is 8.46. The van der Waals surface area contributed by atoms with E-state index in [-0.39, 0.29) is 43.0 Å². The number of nitrogens with one attached hydrogen (secondary N) is 2. The van der Waals surface area contributed by atoms with E-state index in [0.717, 1.165) is 25.7 Å². The molecule has 31 heavy (non-hydrogen) atoms. The van der Waals surface area contributed by atoms with E-state index in [0.29, 0.717) is 18.1 Å². The van der Waals surface area contributed by atoms with E-state index in [4.69, 9.17) is 4.74 Å². The number of carbonyl (C=O) groups is 4. The summed E-state index contributed by atoms with van der Waals surface area (Å²) < 4.78 is 19.9. The maximum atomic E-state index is 14.7. The first-order valence-electron chi connectivity index (χ1n) is 10.8. The average Bonchev–Trinajstić information content (AvgIpc) is 3.08. The third-order valence-corrected chi connectivity index (χ3v) is 6.27. The number of piperidine rings is 1. The van der Waals surface area contributed by atoms with Crippen LogP contribution in [0.25, 0.3) is 0 Å². The number of rotatable bonds is 5. The number of fused-ring (bicyclic) bond motifs is 1. The quantitative estimate of drug-likeness (QED) is 0.697. The van der Waals surface area contributed by atoms with E-state index in [1.165, 1.54) is 23.5 Å². The fourth-order valence-corrected chi connectivity index (χ4v) is 4.55. The second kappa shape index (κ2) is 9.03. The van der Waals surface area contributed by atoms with E-state index in [1.807, 2.05) is 0 Å². The van der Waals surface area contributed by atoms with Crippen LogP contribution in [0.1, 0.15) is 66.4 Å². The number of hydrogen-bond donors (Lipinski definition) is 2. The normalized spacial score (nSPS) is 21.6. The largest absolute Gasteiger partial charge is 0.449 e. The first kappa shape index (κ1) is 21.3. The number of carbonyl (C=O) groups excluding carboxylic acids is 4. The molecule has 2 aliphatic heterocycles. The Hall–Kier alpha value is -2.97. The van der Waals surface area contributed by atoms with E-state index >= 15 is 0 Å². The molecule has 4 amide bonds. The van der Waals surface area contributed by atoms with Crippen LogP contribution >= 0.6 is 0 Å². The van der Waals surface area contributed by atoms with Gasteiger partial charge in [-0.15, -0.1) is 0 Å². The van der Waals surface area contributed by atoms with Gasteiger partial charge in [0.05, 0.1) is 13.2 Å². The molecule has 1 saturated heterocycles. The Balaban J connectivity index is 1.36. The van der Waals surface area contributed by atoms with Gasteiger partial charge in [-0.3, -0.25) is 19.7 Å². The lowest BCUT2D eigenvalue weighted by atomic mass is 9.90. The summed E-state index contributed by atoms with van der Waals surface area (Å²) >= 11 is 0. The minimum absolute atomic E-state index is 0.0244. The summed E-state index contributed by atoms with van der Waals surface area (Å²) in [7, 11) is 0. The van der Waals surface area contributed by atoms with Crippen molar-refractivity contribution in [1.82, 2.24) is 15.5 Å². The molecule has 3 aliphatic rings. The van der Waals surface area contributed by atoms with Crippen molar-refractivity contribution in [2.45, 2.75) is 64.1 Å². The standard InChI is InChI=1S/C22H26FN3O5/c23-17-9-14(10-24-22(30)31-12-13-4-2-1-3-5-13)8-15-16(17)11-26(21(15)29)18-6-7-19(27)25-20(18)28/h8-9,13,18H,1-7,10-12H2,(H,24,30)(H,25,27,28). The van der Waals surface area contributed by atoms with Crippen molar-refractivity contribution in [1.29, 1.82) is 0 Å². The summed E-state index contributed by atoms with van der Waals surface area (Å²) in [6.07, 6.45) is 5.46. The fourth-order valence-electron chi connectivity index (χ4n) is 4.55. The number of imide groups is 1. The van der Waals surface area contributed by atoms with Crippen LogP contribution < -0.4 is 10.6 Å². The van der Waals surface area contributed by atoms with Crippen molar-refractivity contribution < 1.29 is 28.3 Å². The molecule has 2 heterocycles. The molecular weight excluding hydrogens is 405 g/mol. The van der Waals surface area contributed by atoms with E-state index in [1.54, 1.807) is 0 Å². The lowest BCUT2D eigenvalue weighted by molar-refractivity contribution is -0.136. The van der Waals surface area contributed by atoms with E-state index in [2.05, 4.69) is 10.6 Å². The molecule has 1 aromatic rings. The zero-order valence-electron chi connectivity index (χ0n) is 17.2. The molecule has 1 aromatic carbocycles. The Morgan fingerprint density at radius 1 is 1.16 bits per heavy atom. The Kier molecular flexibility index (Phi) is 6.20. The van der Waals surface area contributed by atoms with Crippen LogP contribution in [0.15, 0.2) is 12.1 Å². The number of halogens is 1. The number of amides is 4. The van der Waals surface area contributed by atoms with Crippen molar-refractivity contribution in [3.05, 3.63) is 34.6 Å². The number of benzene rings is 1. The Bertz CT molecular complexity index is 913. The lowest BCUT2D eigenvalue weighted by Crippen LogP contribution is -2.52. The molecule has 1 unspecified atom stereocenters. The molecule has 1 aliphatic carbocycles. The van der Waals surface area contributed by atoms with Gasteiger partial charge < -0.3 is 15.0 Å². The van der Waals surface area contributed by atoms with Gasteiger partial charge in [-0.25, -0.2) is 9.18 Å². The van der Waals surface area contributed by atoms with Crippen LogP contribution in [0.3, 0.4) is 0 Å². The van der Waals surface area contributed by atoms with Gasteiger partial charge in [-0.05, 0) is 42.9 Å². The monoisotopic (exact) mass is 431 g/mol. The molecule has 0 radical (unpaired) electrons. The van der Waals surface area contributed by atoms with Crippen molar-refractivity contribution >= 4 is 23.8 Å². The molecular formula is C22H26FN3O5. The molecule has 9 heteroatoms. The SMILES string of the molecule is O=C1CCC(N2Cc3c(F)cc(CNC(=O)OCC4CCCCC4)cc3C2=O)C(=O)N1. The van der Waals surface area contributed by atoms with Gasteiger partial charge in [0.1, 0.15) is 11.9 Å². The van der Waals surface area contributed by atoms with Gasteiger partial charge in [-0.1, -0.05) is 19.3 Å². The predicted octanol–water partition coefficient (Wildman–Crippen LogP) is 2.39. The van der Waals surface area contributed by atoms with Gasteiger partial charge in [0.2, 0.25) is 11.8 Å².